The summed E-state index contributed by atoms with van der Waals surface area (Å²) >= 11 is 0. The van der Waals surface area contributed by atoms with Crippen LogP contribution in [0.5, 0.6) is 0 Å². The van der Waals surface area contributed by atoms with Crippen LogP contribution in [0, 0.1) is 0 Å². The average molecular weight is 411 g/mol. The zero-order valence-electron chi connectivity index (χ0n) is 16.7. The summed E-state index contributed by atoms with van der Waals surface area (Å²) in [5.41, 5.74) is 3.51. The first-order chi connectivity index (χ1) is 15.1. The van der Waals surface area contributed by atoms with Crippen LogP contribution in [0.4, 0.5) is 5.69 Å². The number of rotatable bonds is 7. The van der Waals surface area contributed by atoms with Crippen LogP contribution in [-0.4, -0.2) is 26.8 Å². The lowest BCUT2D eigenvalue weighted by molar-refractivity contribution is 0.0698. The number of anilines is 1. The summed E-state index contributed by atoms with van der Waals surface area (Å²) in [6.07, 6.45) is 3.09. The molecule has 1 heterocycles. The van der Waals surface area contributed by atoms with Gasteiger partial charge in [0.1, 0.15) is 5.69 Å². The van der Waals surface area contributed by atoms with Gasteiger partial charge in [-0.15, -0.1) is 0 Å². The van der Waals surface area contributed by atoms with Gasteiger partial charge in [-0.05, 0) is 54.3 Å². The number of nitrogens with one attached hydrogen (secondary N) is 1. The number of hydrogen-bond donors (Lipinski definition) is 2. The number of aromatic nitrogens is 2. The summed E-state index contributed by atoms with van der Waals surface area (Å²) in [6.45, 7) is 0. The number of para-hydroxylation sites is 1. The van der Waals surface area contributed by atoms with Gasteiger partial charge in [-0.3, -0.25) is 4.79 Å². The number of aryl methyl sites for hydroxylation is 2. The molecule has 0 radical (unpaired) electrons. The number of nitrogens with zero attached hydrogens (tertiary/aromatic N) is 2. The molecule has 3 aromatic carbocycles. The fourth-order valence-electron chi connectivity index (χ4n) is 3.41. The first-order valence-electron chi connectivity index (χ1n) is 9.93. The van der Waals surface area contributed by atoms with Crippen LogP contribution in [0.25, 0.3) is 5.69 Å². The number of carbonyl (C=O) groups is 2. The summed E-state index contributed by atoms with van der Waals surface area (Å²) < 4.78 is 1.52. The van der Waals surface area contributed by atoms with Crippen LogP contribution in [0.2, 0.25) is 0 Å². The van der Waals surface area contributed by atoms with E-state index in [2.05, 4.69) is 22.5 Å². The highest BCUT2D eigenvalue weighted by molar-refractivity contribution is 6.07. The smallest absolute Gasteiger partial charge is 0.337 e. The van der Waals surface area contributed by atoms with E-state index in [9.17, 15) is 14.7 Å². The monoisotopic (exact) mass is 411 g/mol. The second-order valence-corrected chi connectivity index (χ2v) is 7.09. The molecule has 31 heavy (non-hydrogen) atoms. The standard InChI is InChI=1S/C25H21N3O3/c29-24(23-15-16-26-28(23)20-9-5-2-6-10-20)27-22-17-19(13-14-21(22)25(30)31)12-11-18-7-3-1-4-8-18/h1-10,13-17H,11-12H2,(H,27,29)(H,30,31). The van der Waals surface area contributed by atoms with Gasteiger partial charge < -0.3 is 10.4 Å². The molecule has 1 amide bonds. The predicted octanol–water partition coefficient (Wildman–Crippen LogP) is 4.61. The lowest BCUT2D eigenvalue weighted by Crippen LogP contribution is -2.19. The third kappa shape index (κ3) is 4.70. The van der Waals surface area contributed by atoms with Gasteiger partial charge in [0.2, 0.25) is 0 Å². The van der Waals surface area contributed by atoms with Crippen molar-refractivity contribution in [2.45, 2.75) is 12.8 Å². The quantitative estimate of drug-likeness (QED) is 0.465. The Hall–Kier alpha value is -4.19. The van der Waals surface area contributed by atoms with Crippen molar-refractivity contribution in [1.82, 2.24) is 9.78 Å². The van der Waals surface area contributed by atoms with E-state index in [1.54, 1.807) is 18.2 Å². The fraction of sp³-hybridized carbons (Fsp3) is 0.0800. The zero-order valence-corrected chi connectivity index (χ0v) is 16.7. The van der Waals surface area contributed by atoms with Crippen molar-refractivity contribution in [3.63, 3.8) is 0 Å². The highest BCUT2D eigenvalue weighted by atomic mass is 16.4. The minimum atomic E-state index is -1.10. The van der Waals surface area contributed by atoms with E-state index in [0.29, 0.717) is 5.69 Å². The van der Waals surface area contributed by atoms with Crippen molar-refractivity contribution < 1.29 is 14.7 Å². The molecule has 0 aliphatic heterocycles. The molecule has 0 aliphatic rings. The Morgan fingerprint density at radius 3 is 2.23 bits per heavy atom. The zero-order chi connectivity index (χ0) is 21.6. The second kappa shape index (κ2) is 9.09. The Morgan fingerprint density at radius 2 is 1.52 bits per heavy atom. The molecular formula is C25H21N3O3. The van der Waals surface area contributed by atoms with E-state index in [1.807, 2.05) is 48.5 Å². The Bertz CT molecular complexity index is 1200. The summed E-state index contributed by atoms with van der Waals surface area (Å²) in [5.74, 6) is -1.52. The minimum absolute atomic E-state index is 0.0441. The van der Waals surface area contributed by atoms with Crippen LogP contribution in [0.3, 0.4) is 0 Å². The Labute approximate surface area is 179 Å². The van der Waals surface area contributed by atoms with Gasteiger partial charge in [0, 0.05) is 0 Å². The van der Waals surface area contributed by atoms with Crippen molar-refractivity contribution in [3.05, 3.63) is 114 Å². The van der Waals surface area contributed by atoms with Gasteiger partial charge in [-0.1, -0.05) is 54.6 Å². The topological polar surface area (TPSA) is 84.2 Å². The van der Waals surface area contributed by atoms with Gasteiger partial charge in [-0.2, -0.15) is 5.10 Å². The van der Waals surface area contributed by atoms with Crippen molar-refractivity contribution in [3.8, 4) is 5.69 Å². The maximum atomic E-state index is 13.0. The van der Waals surface area contributed by atoms with Gasteiger partial charge >= 0.3 is 5.97 Å². The van der Waals surface area contributed by atoms with Crippen LogP contribution < -0.4 is 5.32 Å². The SMILES string of the molecule is O=C(O)c1ccc(CCc2ccccc2)cc1NC(=O)c1ccnn1-c1ccccc1. The molecular weight excluding hydrogens is 390 g/mol. The lowest BCUT2D eigenvalue weighted by Gasteiger charge is -2.12. The van der Waals surface area contributed by atoms with Gasteiger partial charge in [0.15, 0.2) is 0 Å². The summed E-state index contributed by atoms with van der Waals surface area (Å²) in [5, 5.41) is 16.6. The van der Waals surface area contributed by atoms with E-state index in [-0.39, 0.29) is 11.3 Å². The van der Waals surface area contributed by atoms with Crippen molar-refractivity contribution in [2.24, 2.45) is 0 Å². The molecule has 0 bridgehead atoms. The molecule has 0 atom stereocenters. The molecule has 0 spiro atoms. The van der Waals surface area contributed by atoms with Crippen molar-refractivity contribution in [1.29, 1.82) is 0 Å². The highest BCUT2D eigenvalue weighted by Gasteiger charge is 2.18. The van der Waals surface area contributed by atoms with E-state index in [0.717, 1.165) is 24.1 Å². The Balaban J connectivity index is 1.58. The molecule has 4 rings (SSSR count). The molecule has 6 heteroatoms. The Kier molecular flexibility index (Phi) is 5.89. The molecule has 0 fully saturated rings. The molecule has 1 aromatic heterocycles. The molecule has 4 aromatic rings. The maximum absolute atomic E-state index is 13.0. The van der Waals surface area contributed by atoms with E-state index >= 15 is 0 Å². The van der Waals surface area contributed by atoms with Crippen molar-refractivity contribution >= 4 is 17.6 Å². The summed E-state index contributed by atoms with van der Waals surface area (Å²) in [6, 6.07) is 26.0. The number of benzene rings is 3. The summed E-state index contributed by atoms with van der Waals surface area (Å²) in [7, 11) is 0. The molecule has 0 aliphatic carbocycles. The number of carboxylic acids is 1. The summed E-state index contributed by atoms with van der Waals surface area (Å²) in [4.78, 5) is 24.7. The van der Waals surface area contributed by atoms with Crippen LogP contribution in [0.1, 0.15) is 32.0 Å². The second-order valence-electron chi connectivity index (χ2n) is 7.09. The van der Waals surface area contributed by atoms with E-state index in [4.69, 9.17) is 0 Å². The number of amides is 1. The third-order valence-corrected chi connectivity index (χ3v) is 4.98. The van der Waals surface area contributed by atoms with Crippen molar-refractivity contribution in [2.75, 3.05) is 5.32 Å². The first-order valence-corrected chi connectivity index (χ1v) is 9.93. The molecule has 0 saturated heterocycles. The normalized spacial score (nSPS) is 10.6. The molecule has 2 N–H and O–H groups in total. The maximum Gasteiger partial charge on any atom is 0.337 e. The van der Waals surface area contributed by atoms with Crippen LogP contribution >= 0.6 is 0 Å². The van der Waals surface area contributed by atoms with Crippen LogP contribution in [0.15, 0.2) is 91.1 Å². The molecule has 6 nitrogen and oxygen atoms in total. The largest absolute Gasteiger partial charge is 0.478 e. The van der Waals surface area contributed by atoms with Gasteiger partial charge in [0.25, 0.3) is 5.91 Å². The minimum Gasteiger partial charge on any atom is -0.478 e. The highest BCUT2D eigenvalue weighted by Crippen LogP contribution is 2.21. The average Bonchev–Trinajstić information content (AvgIpc) is 3.29. The predicted molar refractivity (Wildman–Crippen MR) is 119 cm³/mol. The van der Waals surface area contributed by atoms with E-state index in [1.165, 1.54) is 22.5 Å². The van der Waals surface area contributed by atoms with Gasteiger partial charge in [-0.25, -0.2) is 9.48 Å². The van der Waals surface area contributed by atoms with Gasteiger partial charge in [0.05, 0.1) is 23.1 Å². The lowest BCUT2D eigenvalue weighted by atomic mass is 10.0. The third-order valence-electron chi connectivity index (χ3n) is 4.98. The fourth-order valence-corrected chi connectivity index (χ4v) is 3.41. The Morgan fingerprint density at radius 1 is 0.839 bits per heavy atom. The number of carbonyl (C=O) groups excluding carboxylic acids is 1. The number of hydrogen-bond acceptors (Lipinski definition) is 3. The number of aromatic carboxylic acids is 1. The molecule has 0 saturated carbocycles. The van der Waals surface area contributed by atoms with E-state index < -0.39 is 11.9 Å². The number of carboxylic acid groups (broad SMARTS) is 1. The molecule has 0 unspecified atom stereocenters. The molecule has 154 valence electrons. The first kappa shape index (κ1) is 20.1. The van der Waals surface area contributed by atoms with Crippen LogP contribution in [-0.2, 0) is 12.8 Å².